The predicted molar refractivity (Wildman–Crippen MR) is 78.5 cm³/mol. The molecule has 0 aliphatic heterocycles. The van der Waals surface area contributed by atoms with Gasteiger partial charge in [0.1, 0.15) is 18.4 Å². The van der Waals surface area contributed by atoms with Gasteiger partial charge >= 0.3 is 12.1 Å². The van der Waals surface area contributed by atoms with Crippen LogP contribution in [0.15, 0.2) is 24.3 Å². The molecule has 1 unspecified atom stereocenters. The molecule has 0 radical (unpaired) electrons. The van der Waals surface area contributed by atoms with E-state index < -0.39 is 23.8 Å². The van der Waals surface area contributed by atoms with Crippen molar-refractivity contribution < 1.29 is 27.8 Å². The van der Waals surface area contributed by atoms with Gasteiger partial charge in [-0.25, -0.2) is 0 Å². The van der Waals surface area contributed by atoms with Crippen molar-refractivity contribution in [2.75, 3.05) is 13.2 Å². The minimum atomic E-state index is -4.37. The van der Waals surface area contributed by atoms with Crippen molar-refractivity contribution in [2.45, 2.75) is 32.0 Å². The van der Waals surface area contributed by atoms with Gasteiger partial charge in [-0.3, -0.25) is 4.79 Å². The van der Waals surface area contributed by atoms with E-state index in [4.69, 9.17) is 9.84 Å². The number of hydrogen-bond donors (Lipinski definition) is 2. The van der Waals surface area contributed by atoms with Crippen LogP contribution in [0.5, 0.6) is 5.75 Å². The lowest BCUT2D eigenvalue weighted by Crippen LogP contribution is -2.38. The Morgan fingerprint density at radius 2 is 1.91 bits per heavy atom. The van der Waals surface area contributed by atoms with Crippen LogP contribution in [0.4, 0.5) is 13.2 Å². The van der Waals surface area contributed by atoms with Crippen LogP contribution in [-0.2, 0) is 11.0 Å². The van der Waals surface area contributed by atoms with Crippen molar-refractivity contribution in [3.05, 3.63) is 29.8 Å². The average Bonchev–Trinajstić information content (AvgIpc) is 2.41. The molecule has 0 heterocycles. The second kappa shape index (κ2) is 9.53. The molecule has 4 nitrogen and oxygen atoms in total. The lowest BCUT2D eigenvalue weighted by atomic mass is 10.2. The molecule has 8 heteroatoms. The van der Waals surface area contributed by atoms with E-state index >= 15 is 0 Å². The minimum absolute atomic E-state index is 0. The van der Waals surface area contributed by atoms with E-state index in [1.54, 1.807) is 0 Å². The summed E-state index contributed by atoms with van der Waals surface area (Å²) in [4.78, 5) is 10.9. The molecule has 1 atom stereocenters. The smallest absolute Gasteiger partial charge is 0.416 e. The van der Waals surface area contributed by atoms with Gasteiger partial charge in [0.2, 0.25) is 0 Å². The van der Waals surface area contributed by atoms with Crippen molar-refractivity contribution in [2.24, 2.45) is 0 Å². The number of rotatable bonds is 8. The lowest BCUT2D eigenvalue weighted by Gasteiger charge is -2.14. The van der Waals surface area contributed by atoms with E-state index in [0.717, 1.165) is 18.6 Å². The highest BCUT2D eigenvalue weighted by molar-refractivity contribution is 5.85. The van der Waals surface area contributed by atoms with E-state index in [-0.39, 0.29) is 19.0 Å². The highest BCUT2D eigenvalue weighted by Gasteiger charge is 2.29. The lowest BCUT2D eigenvalue weighted by molar-refractivity contribution is -0.140. The van der Waals surface area contributed by atoms with Crippen molar-refractivity contribution in [3.8, 4) is 5.75 Å². The molecule has 0 aromatic heterocycles. The molecule has 0 bridgehead atoms. The fourth-order valence-electron chi connectivity index (χ4n) is 1.74. The standard InChI is InChI=1S/C14H18F3NO3.ClH/c1-2-3-12(13(19)20)18-8-9-21-11-6-4-10(5-7-11)14(15,16)17;/h4-7,12,18H,2-3,8-9H2,1H3,(H,19,20);1H. The van der Waals surface area contributed by atoms with Gasteiger partial charge < -0.3 is 15.2 Å². The summed E-state index contributed by atoms with van der Waals surface area (Å²) in [7, 11) is 0. The Morgan fingerprint density at radius 1 is 1.32 bits per heavy atom. The van der Waals surface area contributed by atoms with Crippen LogP contribution >= 0.6 is 12.4 Å². The monoisotopic (exact) mass is 341 g/mol. The van der Waals surface area contributed by atoms with Crippen molar-refractivity contribution in [1.29, 1.82) is 0 Å². The molecule has 2 N–H and O–H groups in total. The summed E-state index contributed by atoms with van der Waals surface area (Å²) in [6.07, 6.45) is -3.12. The summed E-state index contributed by atoms with van der Waals surface area (Å²) in [6, 6.07) is 3.73. The zero-order valence-corrected chi connectivity index (χ0v) is 12.8. The number of nitrogens with one attached hydrogen (secondary N) is 1. The first kappa shape index (κ1) is 20.5. The number of carboxylic acids is 1. The topological polar surface area (TPSA) is 58.6 Å². The number of hydrogen-bond acceptors (Lipinski definition) is 3. The highest BCUT2D eigenvalue weighted by Crippen LogP contribution is 2.30. The number of aliphatic carboxylic acids is 1. The zero-order chi connectivity index (χ0) is 15.9. The van der Waals surface area contributed by atoms with Crippen LogP contribution in [0.3, 0.4) is 0 Å². The minimum Gasteiger partial charge on any atom is -0.492 e. The van der Waals surface area contributed by atoms with Gasteiger partial charge in [0, 0.05) is 6.54 Å². The third-order valence-electron chi connectivity index (χ3n) is 2.82. The van der Waals surface area contributed by atoms with Crippen LogP contribution < -0.4 is 10.1 Å². The Bertz CT molecular complexity index is 452. The third kappa shape index (κ3) is 7.00. The normalized spacial score (nSPS) is 12.4. The fourth-order valence-corrected chi connectivity index (χ4v) is 1.74. The Balaban J connectivity index is 0.00000441. The zero-order valence-electron chi connectivity index (χ0n) is 12.0. The Labute approximate surface area is 133 Å². The number of ether oxygens (including phenoxy) is 1. The summed E-state index contributed by atoms with van der Waals surface area (Å²) in [5.74, 6) is -0.612. The van der Waals surface area contributed by atoms with Crippen LogP contribution in [0.2, 0.25) is 0 Å². The average molecular weight is 342 g/mol. The van der Waals surface area contributed by atoms with Crippen LogP contribution in [0.25, 0.3) is 0 Å². The number of halogens is 4. The van der Waals surface area contributed by atoms with E-state index in [1.807, 2.05) is 6.92 Å². The molecule has 0 aliphatic rings. The Hall–Kier alpha value is -1.47. The predicted octanol–water partition coefficient (Wildman–Crippen LogP) is 3.35. The Kier molecular flexibility index (Phi) is 8.89. The molecular formula is C14H19ClF3NO3. The Morgan fingerprint density at radius 3 is 2.36 bits per heavy atom. The molecular weight excluding hydrogens is 323 g/mol. The number of carbonyl (C=O) groups is 1. The first-order valence-electron chi connectivity index (χ1n) is 6.61. The molecule has 0 amide bonds. The first-order valence-corrected chi connectivity index (χ1v) is 6.61. The molecule has 0 spiro atoms. The maximum Gasteiger partial charge on any atom is 0.416 e. The summed E-state index contributed by atoms with van der Waals surface area (Å²) in [6.45, 7) is 2.37. The molecule has 22 heavy (non-hydrogen) atoms. The molecule has 1 aromatic carbocycles. The van der Waals surface area contributed by atoms with Gasteiger partial charge in [0.05, 0.1) is 5.56 Å². The molecule has 1 rings (SSSR count). The number of alkyl halides is 3. The number of carboxylic acid groups (broad SMARTS) is 1. The van der Waals surface area contributed by atoms with Gasteiger partial charge in [-0.05, 0) is 30.7 Å². The SMILES string of the molecule is CCCC(NCCOc1ccc(C(F)(F)F)cc1)C(=O)O.Cl. The van der Waals surface area contributed by atoms with Gasteiger partial charge in [-0.2, -0.15) is 13.2 Å². The summed E-state index contributed by atoms with van der Waals surface area (Å²) in [5, 5.41) is 11.7. The first-order chi connectivity index (χ1) is 9.84. The van der Waals surface area contributed by atoms with Crippen molar-refractivity contribution in [3.63, 3.8) is 0 Å². The second-order valence-corrected chi connectivity index (χ2v) is 4.50. The molecule has 0 saturated heterocycles. The van der Waals surface area contributed by atoms with Crippen molar-refractivity contribution >= 4 is 18.4 Å². The van der Waals surface area contributed by atoms with Crippen molar-refractivity contribution in [1.82, 2.24) is 5.32 Å². The van der Waals surface area contributed by atoms with Gasteiger partial charge in [-0.1, -0.05) is 13.3 Å². The second-order valence-electron chi connectivity index (χ2n) is 4.50. The maximum absolute atomic E-state index is 12.4. The van der Waals surface area contributed by atoms with Gasteiger partial charge in [0.15, 0.2) is 0 Å². The molecule has 0 fully saturated rings. The maximum atomic E-state index is 12.4. The summed E-state index contributed by atoms with van der Waals surface area (Å²) >= 11 is 0. The van der Waals surface area contributed by atoms with Gasteiger partial charge in [-0.15, -0.1) is 12.4 Å². The number of benzene rings is 1. The summed E-state index contributed by atoms with van der Waals surface area (Å²) < 4.78 is 42.3. The molecule has 0 aliphatic carbocycles. The van der Waals surface area contributed by atoms with Crippen LogP contribution in [0.1, 0.15) is 25.3 Å². The largest absolute Gasteiger partial charge is 0.492 e. The van der Waals surface area contributed by atoms with E-state index in [9.17, 15) is 18.0 Å². The highest BCUT2D eigenvalue weighted by atomic mass is 35.5. The fraction of sp³-hybridized carbons (Fsp3) is 0.500. The van der Waals surface area contributed by atoms with E-state index in [1.165, 1.54) is 12.1 Å². The molecule has 126 valence electrons. The van der Waals surface area contributed by atoms with Gasteiger partial charge in [0.25, 0.3) is 0 Å². The van der Waals surface area contributed by atoms with Crippen LogP contribution in [-0.4, -0.2) is 30.3 Å². The summed E-state index contributed by atoms with van der Waals surface area (Å²) in [5.41, 5.74) is -0.734. The third-order valence-corrected chi connectivity index (χ3v) is 2.82. The quantitative estimate of drug-likeness (QED) is 0.712. The van der Waals surface area contributed by atoms with E-state index in [0.29, 0.717) is 18.7 Å². The molecule has 1 aromatic rings. The van der Waals surface area contributed by atoms with E-state index in [2.05, 4.69) is 5.32 Å². The van der Waals surface area contributed by atoms with Crippen LogP contribution in [0, 0.1) is 0 Å². The molecule has 0 saturated carbocycles.